The van der Waals surface area contributed by atoms with Crippen LogP contribution in [0, 0.1) is 0 Å². The maximum Gasteiger partial charge on any atom is 0.190 e. The topological polar surface area (TPSA) is 40.5 Å². The van der Waals surface area contributed by atoms with E-state index >= 15 is 0 Å². The van der Waals surface area contributed by atoms with E-state index in [0.717, 1.165) is 0 Å². The van der Waals surface area contributed by atoms with Crippen molar-refractivity contribution in [2.75, 3.05) is 13.2 Å². The maximum absolute atomic E-state index is 13.5. The van der Waals surface area contributed by atoms with Crippen molar-refractivity contribution in [3.63, 3.8) is 0 Å². The maximum atomic E-state index is 13.5. The van der Waals surface area contributed by atoms with Gasteiger partial charge in [-0.3, -0.25) is 0 Å². The molecule has 1 atom stereocenters. The van der Waals surface area contributed by atoms with Crippen LogP contribution in [-0.2, 0) is 0 Å². The summed E-state index contributed by atoms with van der Waals surface area (Å²) in [6, 6.07) is 0. The van der Waals surface area contributed by atoms with Crippen LogP contribution in [0.1, 0.15) is 6.42 Å². The van der Waals surface area contributed by atoms with Gasteiger partial charge in [0.1, 0.15) is 11.7 Å². The van der Waals surface area contributed by atoms with Crippen LogP contribution in [0.2, 0.25) is 0 Å². The van der Waals surface area contributed by atoms with Crippen LogP contribution in [-0.4, -0.2) is 29.1 Å². The molecular formula is C8H8ClF3O2. The smallest absolute Gasteiger partial charge is 0.190 e. The molecule has 0 amide bonds. The SMILES string of the molecule is OCC1=C(F)C(F)(CO)CC(Cl)=C1F. The van der Waals surface area contributed by atoms with Gasteiger partial charge >= 0.3 is 0 Å². The highest BCUT2D eigenvalue weighted by Crippen LogP contribution is 2.42. The predicted octanol–water partition coefficient (Wildman–Crippen LogP) is 1.73. The fourth-order valence-electron chi connectivity index (χ4n) is 1.20. The molecule has 0 aliphatic heterocycles. The summed E-state index contributed by atoms with van der Waals surface area (Å²) in [5, 5.41) is 16.7. The molecule has 0 spiro atoms. The van der Waals surface area contributed by atoms with E-state index in [1.54, 1.807) is 0 Å². The van der Waals surface area contributed by atoms with Gasteiger partial charge in [0.2, 0.25) is 0 Å². The number of allylic oxidation sites excluding steroid dienone is 1. The summed E-state index contributed by atoms with van der Waals surface area (Å²) in [6.45, 7) is -2.15. The second kappa shape index (κ2) is 3.92. The standard InChI is InChI=1S/C8H8ClF3O2/c9-5-1-8(12,3-14)7(11)4(2-13)6(5)10/h13-14H,1-3H2. The van der Waals surface area contributed by atoms with Crippen molar-refractivity contribution in [3.8, 4) is 0 Å². The number of rotatable bonds is 2. The number of halogens is 4. The number of aliphatic hydroxyl groups excluding tert-OH is 2. The van der Waals surface area contributed by atoms with Gasteiger partial charge < -0.3 is 10.2 Å². The lowest BCUT2D eigenvalue weighted by atomic mass is 9.91. The largest absolute Gasteiger partial charge is 0.393 e. The Morgan fingerprint density at radius 2 is 1.93 bits per heavy atom. The molecule has 2 N–H and O–H groups in total. The zero-order valence-corrected chi connectivity index (χ0v) is 7.78. The molecule has 1 unspecified atom stereocenters. The van der Waals surface area contributed by atoms with Crippen molar-refractivity contribution in [1.82, 2.24) is 0 Å². The Hall–Kier alpha value is -0.520. The molecule has 1 aliphatic rings. The number of alkyl halides is 1. The molecule has 1 rings (SSSR count). The van der Waals surface area contributed by atoms with Crippen LogP contribution in [0.5, 0.6) is 0 Å². The van der Waals surface area contributed by atoms with Crippen molar-refractivity contribution in [3.05, 3.63) is 22.3 Å². The summed E-state index contributed by atoms with van der Waals surface area (Å²) in [6.07, 6.45) is -0.758. The quantitative estimate of drug-likeness (QED) is 0.756. The van der Waals surface area contributed by atoms with Gasteiger partial charge in [0.25, 0.3) is 0 Å². The monoisotopic (exact) mass is 228 g/mol. The van der Waals surface area contributed by atoms with E-state index in [1.807, 2.05) is 0 Å². The molecule has 0 fully saturated rings. The van der Waals surface area contributed by atoms with Gasteiger partial charge in [-0.05, 0) is 0 Å². The summed E-state index contributed by atoms with van der Waals surface area (Å²) >= 11 is 5.31. The fraction of sp³-hybridized carbons (Fsp3) is 0.500. The average molecular weight is 229 g/mol. The number of hydrogen-bond acceptors (Lipinski definition) is 2. The van der Waals surface area contributed by atoms with Gasteiger partial charge in [-0.25, -0.2) is 13.2 Å². The van der Waals surface area contributed by atoms with E-state index in [-0.39, 0.29) is 0 Å². The molecule has 14 heavy (non-hydrogen) atoms. The third-order valence-electron chi connectivity index (χ3n) is 2.01. The summed E-state index contributed by atoms with van der Waals surface area (Å²) < 4.78 is 39.7. The molecule has 0 saturated heterocycles. The van der Waals surface area contributed by atoms with Gasteiger partial charge in [-0.1, -0.05) is 11.6 Å². The van der Waals surface area contributed by atoms with Gasteiger partial charge in [0.15, 0.2) is 5.67 Å². The molecule has 6 heteroatoms. The van der Waals surface area contributed by atoms with Crippen molar-refractivity contribution < 1.29 is 23.4 Å². The van der Waals surface area contributed by atoms with E-state index in [0.29, 0.717) is 0 Å². The molecule has 0 heterocycles. The Morgan fingerprint density at radius 1 is 1.36 bits per heavy atom. The summed E-state index contributed by atoms with van der Waals surface area (Å²) in [5.74, 6) is -2.65. The Balaban J connectivity index is 3.23. The second-order valence-corrected chi connectivity index (χ2v) is 3.43. The molecule has 0 aromatic heterocycles. The predicted molar refractivity (Wildman–Crippen MR) is 44.7 cm³/mol. The van der Waals surface area contributed by atoms with E-state index in [9.17, 15) is 13.2 Å². The highest BCUT2D eigenvalue weighted by molar-refractivity contribution is 6.30. The lowest BCUT2D eigenvalue weighted by molar-refractivity contribution is 0.0780. The van der Waals surface area contributed by atoms with Crippen molar-refractivity contribution in [1.29, 1.82) is 0 Å². The van der Waals surface area contributed by atoms with Crippen molar-refractivity contribution in [2.24, 2.45) is 0 Å². The third kappa shape index (κ3) is 1.67. The first-order chi connectivity index (χ1) is 6.46. The fourth-order valence-corrected chi connectivity index (χ4v) is 1.52. The van der Waals surface area contributed by atoms with Crippen LogP contribution in [0.25, 0.3) is 0 Å². The van der Waals surface area contributed by atoms with Gasteiger partial charge in [0, 0.05) is 12.0 Å². The van der Waals surface area contributed by atoms with Crippen LogP contribution in [0.3, 0.4) is 0 Å². The zero-order valence-electron chi connectivity index (χ0n) is 7.03. The molecule has 1 aliphatic carbocycles. The first kappa shape index (κ1) is 11.6. The molecule has 2 nitrogen and oxygen atoms in total. The van der Waals surface area contributed by atoms with E-state index < -0.39 is 47.6 Å². The Morgan fingerprint density at radius 3 is 2.36 bits per heavy atom. The molecule has 80 valence electrons. The average Bonchev–Trinajstić information content (AvgIpc) is 2.16. The first-order valence-corrected chi connectivity index (χ1v) is 4.18. The molecule has 0 radical (unpaired) electrons. The third-order valence-corrected chi connectivity index (χ3v) is 2.31. The number of hydrogen-bond donors (Lipinski definition) is 2. The van der Waals surface area contributed by atoms with Crippen LogP contribution in [0.15, 0.2) is 22.3 Å². The molecule has 0 aromatic carbocycles. The Kier molecular flexibility index (Phi) is 3.24. The van der Waals surface area contributed by atoms with E-state index in [1.165, 1.54) is 0 Å². The highest BCUT2D eigenvalue weighted by Gasteiger charge is 2.42. The van der Waals surface area contributed by atoms with Gasteiger partial charge in [-0.2, -0.15) is 0 Å². The highest BCUT2D eigenvalue weighted by atomic mass is 35.5. The molecule has 0 saturated carbocycles. The summed E-state index contributed by atoms with van der Waals surface area (Å²) in [5.41, 5.74) is -3.55. The molecule has 0 aromatic rings. The minimum Gasteiger partial charge on any atom is -0.393 e. The molecular weight excluding hydrogens is 221 g/mol. The van der Waals surface area contributed by atoms with Gasteiger partial charge in [0.05, 0.1) is 18.2 Å². The van der Waals surface area contributed by atoms with Crippen LogP contribution >= 0.6 is 11.6 Å². The van der Waals surface area contributed by atoms with E-state index in [4.69, 9.17) is 21.8 Å². The Bertz CT molecular complexity index is 314. The first-order valence-electron chi connectivity index (χ1n) is 3.80. The molecule has 0 bridgehead atoms. The lowest BCUT2D eigenvalue weighted by Gasteiger charge is -2.26. The summed E-state index contributed by atoms with van der Waals surface area (Å²) in [4.78, 5) is 0. The second-order valence-electron chi connectivity index (χ2n) is 2.97. The van der Waals surface area contributed by atoms with Crippen molar-refractivity contribution in [2.45, 2.75) is 12.1 Å². The minimum absolute atomic E-state index is 0.535. The summed E-state index contributed by atoms with van der Waals surface area (Å²) in [7, 11) is 0. The van der Waals surface area contributed by atoms with Gasteiger partial charge in [-0.15, -0.1) is 0 Å². The van der Waals surface area contributed by atoms with Crippen LogP contribution < -0.4 is 0 Å². The minimum atomic E-state index is -2.72. The zero-order chi connectivity index (χ0) is 10.9. The van der Waals surface area contributed by atoms with Crippen LogP contribution in [0.4, 0.5) is 13.2 Å². The number of aliphatic hydroxyl groups is 2. The normalized spacial score (nSPS) is 28.7. The Labute approximate surface area is 83.3 Å². The lowest BCUT2D eigenvalue weighted by Crippen LogP contribution is -2.33. The van der Waals surface area contributed by atoms with Crippen molar-refractivity contribution >= 4 is 11.6 Å². The van der Waals surface area contributed by atoms with E-state index in [2.05, 4.69) is 0 Å².